The summed E-state index contributed by atoms with van der Waals surface area (Å²) in [5.74, 6) is 0.675. The summed E-state index contributed by atoms with van der Waals surface area (Å²) in [7, 11) is 1.64. The number of para-hydroxylation sites is 1. The third kappa shape index (κ3) is 2.75. The molecule has 88 valence electrons. The van der Waals surface area contributed by atoms with E-state index in [0.717, 1.165) is 11.3 Å². The van der Waals surface area contributed by atoms with Gasteiger partial charge in [-0.3, -0.25) is 0 Å². The van der Waals surface area contributed by atoms with Crippen LogP contribution in [0, 0.1) is 6.92 Å². The quantitative estimate of drug-likeness (QED) is 0.873. The number of methoxy groups -OCH3 is 1. The Morgan fingerprint density at radius 3 is 2.76 bits per heavy atom. The SMILES string of the molecule is COc1ncccc1CNc1ccccc1C. The van der Waals surface area contributed by atoms with Gasteiger partial charge in [-0.15, -0.1) is 0 Å². The third-order valence-corrected chi connectivity index (χ3v) is 2.66. The van der Waals surface area contributed by atoms with Gasteiger partial charge >= 0.3 is 0 Å². The van der Waals surface area contributed by atoms with Crippen molar-refractivity contribution in [1.82, 2.24) is 4.98 Å². The van der Waals surface area contributed by atoms with Gasteiger partial charge in [0.15, 0.2) is 0 Å². The monoisotopic (exact) mass is 228 g/mol. The van der Waals surface area contributed by atoms with Crippen LogP contribution in [-0.2, 0) is 6.54 Å². The van der Waals surface area contributed by atoms with Crippen LogP contribution in [0.3, 0.4) is 0 Å². The van der Waals surface area contributed by atoms with E-state index in [1.165, 1.54) is 5.56 Å². The van der Waals surface area contributed by atoms with Crippen LogP contribution in [0.1, 0.15) is 11.1 Å². The van der Waals surface area contributed by atoms with E-state index in [2.05, 4.69) is 29.4 Å². The Balaban J connectivity index is 2.10. The topological polar surface area (TPSA) is 34.1 Å². The average Bonchev–Trinajstić information content (AvgIpc) is 2.38. The molecule has 0 atom stereocenters. The molecule has 1 aromatic carbocycles. The maximum absolute atomic E-state index is 5.21. The second-order valence-electron chi connectivity index (χ2n) is 3.84. The van der Waals surface area contributed by atoms with Gasteiger partial charge in [0.2, 0.25) is 5.88 Å². The number of nitrogens with one attached hydrogen (secondary N) is 1. The summed E-state index contributed by atoms with van der Waals surface area (Å²) in [5.41, 5.74) is 3.42. The molecule has 2 aromatic rings. The predicted molar refractivity (Wildman–Crippen MR) is 69.3 cm³/mol. The Kier molecular flexibility index (Phi) is 3.60. The van der Waals surface area contributed by atoms with E-state index < -0.39 is 0 Å². The lowest BCUT2D eigenvalue weighted by atomic mass is 10.2. The van der Waals surface area contributed by atoms with Gasteiger partial charge < -0.3 is 10.1 Å². The first-order valence-electron chi connectivity index (χ1n) is 5.58. The minimum Gasteiger partial charge on any atom is -0.481 e. The van der Waals surface area contributed by atoms with Gasteiger partial charge in [-0.2, -0.15) is 0 Å². The van der Waals surface area contributed by atoms with Crippen LogP contribution in [0.2, 0.25) is 0 Å². The third-order valence-electron chi connectivity index (χ3n) is 2.66. The standard InChI is InChI=1S/C14H16N2O/c1-11-6-3-4-8-13(11)16-10-12-7-5-9-15-14(12)17-2/h3-9,16H,10H2,1-2H3. The Labute approximate surface area is 101 Å². The van der Waals surface area contributed by atoms with E-state index in [0.29, 0.717) is 12.4 Å². The second-order valence-corrected chi connectivity index (χ2v) is 3.84. The molecule has 0 bridgehead atoms. The van der Waals surface area contributed by atoms with Crippen molar-refractivity contribution in [3.8, 4) is 5.88 Å². The number of rotatable bonds is 4. The molecule has 3 nitrogen and oxygen atoms in total. The Morgan fingerprint density at radius 1 is 1.18 bits per heavy atom. The molecular formula is C14H16N2O. The number of aromatic nitrogens is 1. The molecule has 0 unspecified atom stereocenters. The average molecular weight is 228 g/mol. The summed E-state index contributed by atoms with van der Waals surface area (Å²) in [5, 5.41) is 3.38. The molecular weight excluding hydrogens is 212 g/mol. The molecule has 0 amide bonds. The van der Waals surface area contributed by atoms with Gasteiger partial charge in [0, 0.05) is 24.0 Å². The molecule has 3 heteroatoms. The molecule has 1 aromatic heterocycles. The summed E-state index contributed by atoms with van der Waals surface area (Å²) >= 11 is 0. The minimum atomic E-state index is 0.675. The van der Waals surface area contributed by atoms with Crippen molar-refractivity contribution >= 4 is 5.69 Å². The zero-order valence-electron chi connectivity index (χ0n) is 10.1. The van der Waals surface area contributed by atoms with E-state index in [1.807, 2.05) is 24.3 Å². The van der Waals surface area contributed by atoms with E-state index >= 15 is 0 Å². The molecule has 0 aliphatic heterocycles. The normalized spacial score (nSPS) is 10.0. The molecule has 1 heterocycles. The van der Waals surface area contributed by atoms with Gasteiger partial charge in [0.1, 0.15) is 0 Å². The lowest BCUT2D eigenvalue weighted by molar-refractivity contribution is 0.393. The summed E-state index contributed by atoms with van der Waals surface area (Å²) in [6.07, 6.45) is 1.73. The highest BCUT2D eigenvalue weighted by Gasteiger charge is 2.03. The molecule has 0 fully saturated rings. The van der Waals surface area contributed by atoms with Crippen LogP contribution in [0.25, 0.3) is 0 Å². The highest BCUT2D eigenvalue weighted by molar-refractivity contribution is 5.50. The summed E-state index contributed by atoms with van der Waals surface area (Å²) in [6, 6.07) is 12.1. The molecule has 0 aliphatic carbocycles. The fraction of sp³-hybridized carbons (Fsp3) is 0.214. The van der Waals surface area contributed by atoms with Crippen LogP contribution >= 0.6 is 0 Å². The number of hydrogen-bond acceptors (Lipinski definition) is 3. The first-order valence-corrected chi connectivity index (χ1v) is 5.58. The minimum absolute atomic E-state index is 0.675. The van der Waals surface area contributed by atoms with E-state index in [9.17, 15) is 0 Å². The summed E-state index contributed by atoms with van der Waals surface area (Å²) < 4.78 is 5.21. The maximum Gasteiger partial charge on any atom is 0.218 e. The van der Waals surface area contributed by atoms with E-state index in [-0.39, 0.29) is 0 Å². The van der Waals surface area contributed by atoms with Crippen LogP contribution in [-0.4, -0.2) is 12.1 Å². The Hall–Kier alpha value is -2.03. The lowest BCUT2D eigenvalue weighted by Gasteiger charge is -2.11. The van der Waals surface area contributed by atoms with Gasteiger partial charge in [-0.25, -0.2) is 4.98 Å². The summed E-state index contributed by atoms with van der Waals surface area (Å²) in [4.78, 5) is 4.17. The van der Waals surface area contributed by atoms with Crippen LogP contribution in [0.15, 0.2) is 42.6 Å². The Bertz CT molecular complexity index is 497. The number of hydrogen-bond donors (Lipinski definition) is 1. The van der Waals surface area contributed by atoms with Crippen LogP contribution in [0.4, 0.5) is 5.69 Å². The number of nitrogens with zero attached hydrogens (tertiary/aromatic N) is 1. The van der Waals surface area contributed by atoms with Crippen molar-refractivity contribution in [2.45, 2.75) is 13.5 Å². The van der Waals surface area contributed by atoms with Crippen molar-refractivity contribution in [2.75, 3.05) is 12.4 Å². The van der Waals surface area contributed by atoms with Crippen molar-refractivity contribution < 1.29 is 4.74 Å². The zero-order chi connectivity index (χ0) is 12.1. The smallest absolute Gasteiger partial charge is 0.218 e. The molecule has 0 aliphatic rings. The van der Waals surface area contributed by atoms with Crippen molar-refractivity contribution in [2.24, 2.45) is 0 Å². The van der Waals surface area contributed by atoms with Crippen molar-refractivity contribution in [3.05, 3.63) is 53.7 Å². The second kappa shape index (κ2) is 5.34. The van der Waals surface area contributed by atoms with Gasteiger partial charge in [0.25, 0.3) is 0 Å². The molecule has 2 rings (SSSR count). The van der Waals surface area contributed by atoms with Crippen LogP contribution < -0.4 is 10.1 Å². The first kappa shape index (κ1) is 11.5. The molecule has 0 saturated carbocycles. The van der Waals surface area contributed by atoms with Crippen LogP contribution in [0.5, 0.6) is 5.88 Å². The van der Waals surface area contributed by atoms with Gasteiger partial charge in [-0.05, 0) is 24.6 Å². The maximum atomic E-state index is 5.21. The fourth-order valence-electron chi connectivity index (χ4n) is 1.70. The molecule has 17 heavy (non-hydrogen) atoms. The first-order chi connectivity index (χ1) is 8.31. The predicted octanol–water partition coefficient (Wildman–Crippen LogP) is 3.01. The zero-order valence-corrected chi connectivity index (χ0v) is 10.1. The van der Waals surface area contributed by atoms with E-state index in [4.69, 9.17) is 4.74 Å². The highest BCUT2D eigenvalue weighted by Crippen LogP contribution is 2.18. The molecule has 0 spiro atoms. The number of pyridine rings is 1. The summed E-state index contributed by atoms with van der Waals surface area (Å²) in [6.45, 7) is 2.80. The Morgan fingerprint density at radius 2 is 2.00 bits per heavy atom. The molecule has 1 N–H and O–H groups in total. The number of aryl methyl sites for hydroxylation is 1. The van der Waals surface area contributed by atoms with Crippen molar-refractivity contribution in [1.29, 1.82) is 0 Å². The van der Waals surface area contributed by atoms with Crippen molar-refractivity contribution in [3.63, 3.8) is 0 Å². The fourth-order valence-corrected chi connectivity index (χ4v) is 1.70. The van der Waals surface area contributed by atoms with E-state index in [1.54, 1.807) is 13.3 Å². The van der Waals surface area contributed by atoms with Gasteiger partial charge in [-0.1, -0.05) is 24.3 Å². The highest BCUT2D eigenvalue weighted by atomic mass is 16.5. The number of benzene rings is 1. The largest absolute Gasteiger partial charge is 0.481 e. The number of anilines is 1. The lowest BCUT2D eigenvalue weighted by Crippen LogP contribution is -2.03. The molecule has 0 radical (unpaired) electrons. The number of ether oxygens (including phenoxy) is 1. The van der Waals surface area contributed by atoms with Gasteiger partial charge in [0.05, 0.1) is 7.11 Å². The molecule has 0 saturated heterocycles.